The zero-order valence-corrected chi connectivity index (χ0v) is 17.9. The molecule has 0 fully saturated rings. The van der Waals surface area contributed by atoms with Gasteiger partial charge >= 0.3 is 0 Å². The summed E-state index contributed by atoms with van der Waals surface area (Å²) in [6.45, 7) is 6.39. The fourth-order valence-electron chi connectivity index (χ4n) is 2.85. The van der Waals surface area contributed by atoms with Gasteiger partial charge in [-0.1, -0.05) is 62.3 Å². The van der Waals surface area contributed by atoms with Crippen LogP contribution in [0.4, 0.5) is 5.69 Å². The molecule has 0 atom stereocenters. The molecule has 0 unspecified atom stereocenters. The fourth-order valence-corrected chi connectivity index (χ4v) is 3.69. The Morgan fingerprint density at radius 2 is 1.79 bits per heavy atom. The van der Waals surface area contributed by atoms with Crippen molar-refractivity contribution in [3.63, 3.8) is 0 Å². The average molecular weight is 415 g/mol. The lowest BCUT2D eigenvalue weighted by atomic mass is 9.86. The van der Waals surface area contributed by atoms with E-state index in [1.807, 2.05) is 60.1 Å². The van der Waals surface area contributed by atoms with Crippen LogP contribution >= 0.6 is 23.4 Å². The molecule has 0 aliphatic heterocycles. The fraction of sp³-hybridized carbons (Fsp3) is 0.286. The van der Waals surface area contributed by atoms with E-state index in [2.05, 4.69) is 36.3 Å². The van der Waals surface area contributed by atoms with E-state index < -0.39 is 0 Å². The third-order valence-electron chi connectivity index (χ3n) is 4.28. The zero-order valence-electron chi connectivity index (χ0n) is 16.4. The number of benzene rings is 2. The summed E-state index contributed by atoms with van der Waals surface area (Å²) in [6.07, 6.45) is 0. The third kappa shape index (κ3) is 4.75. The van der Waals surface area contributed by atoms with Gasteiger partial charge in [0.15, 0.2) is 11.0 Å². The van der Waals surface area contributed by atoms with E-state index in [9.17, 15) is 4.79 Å². The molecule has 0 bridgehead atoms. The molecular formula is C21H23ClN4OS. The number of nitrogens with one attached hydrogen (secondary N) is 1. The molecule has 0 aliphatic carbocycles. The summed E-state index contributed by atoms with van der Waals surface area (Å²) in [5, 5.41) is 12.8. The molecule has 3 aromatic rings. The molecule has 5 nitrogen and oxygen atoms in total. The Bertz CT molecular complexity index is 977. The monoisotopic (exact) mass is 414 g/mol. The van der Waals surface area contributed by atoms with Crippen LogP contribution in [0.1, 0.15) is 26.3 Å². The van der Waals surface area contributed by atoms with Crippen LogP contribution in [-0.4, -0.2) is 26.4 Å². The Kier molecular flexibility index (Phi) is 6.10. The Morgan fingerprint density at radius 3 is 2.46 bits per heavy atom. The van der Waals surface area contributed by atoms with E-state index in [4.69, 9.17) is 11.6 Å². The lowest BCUT2D eigenvalue weighted by Crippen LogP contribution is -2.20. The van der Waals surface area contributed by atoms with Crippen molar-refractivity contribution in [2.45, 2.75) is 31.3 Å². The average Bonchev–Trinajstić information content (AvgIpc) is 3.01. The highest BCUT2D eigenvalue weighted by molar-refractivity contribution is 7.99. The minimum atomic E-state index is -0.0715. The van der Waals surface area contributed by atoms with Crippen molar-refractivity contribution in [1.29, 1.82) is 0 Å². The summed E-state index contributed by atoms with van der Waals surface area (Å²) < 4.78 is 1.88. The summed E-state index contributed by atoms with van der Waals surface area (Å²) in [6, 6.07) is 15.3. The quantitative estimate of drug-likeness (QED) is 0.585. The Morgan fingerprint density at radius 1 is 1.11 bits per heavy atom. The molecule has 1 aromatic heterocycles. The van der Waals surface area contributed by atoms with Gasteiger partial charge in [-0.05, 0) is 41.3 Å². The van der Waals surface area contributed by atoms with E-state index in [1.54, 1.807) is 0 Å². The highest BCUT2D eigenvalue weighted by atomic mass is 35.5. The van der Waals surface area contributed by atoms with Gasteiger partial charge in [-0.15, -0.1) is 10.2 Å². The second-order valence-corrected chi connectivity index (χ2v) is 8.88. The maximum absolute atomic E-state index is 12.5. The standard InChI is InChI=1S/C21H23ClN4OS/c1-21(2,3)16-7-5-6-8-17(16)23-18(27)13-28-20-25-24-19(26(20)4)14-9-11-15(22)12-10-14/h5-12H,13H2,1-4H3,(H,23,27). The van der Waals surface area contributed by atoms with Crippen LogP contribution < -0.4 is 5.32 Å². The van der Waals surface area contributed by atoms with Crippen molar-refractivity contribution in [2.75, 3.05) is 11.1 Å². The van der Waals surface area contributed by atoms with Gasteiger partial charge in [-0.3, -0.25) is 4.79 Å². The Hall–Kier alpha value is -2.31. The van der Waals surface area contributed by atoms with Gasteiger partial charge in [-0.25, -0.2) is 0 Å². The van der Waals surface area contributed by atoms with Gasteiger partial charge in [-0.2, -0.15) is 0 Å². The van der Waals surface area contributed by atoms with Crippen LogP contribution in [0, 0.1) is 0 Å². The maximum Gasteiger partial charge on any atom is 0.234 e. The van der Waals surface area contributed by atoms with E-state index in [1.165, 1.54) is 11.8 Å². The minimum Gasteiger partial charge on any atom is -0.325 e. The normalized spacial score (nSPS) is 11.5. The molecule has 0 radical (unpaired) electrons. The number of rotatable bonds is 5. The van der Waals surface area contributed by atoms with Crippen LogP contribution in [0.2, 0.25) is 5.02 Å². The molecule has 0 saturated heterocycles. The number of nitrogens with zero attached hydrogens (tertiary/aromatic N) is 3. The molecule has 28 heavy (non-hydrogen) atoms. The van der Waals surface area contributed by atoms with Crippen molar-refractivity contribution in [3.05, 3.63) is 59.1 Å². The molecule has 0 aliphatic rings. The number of hydrogen-bond acceptors (Lipinski definition) is 4. The summed E-state index contributed by atoms with van der Waals surface area (Å²) in [4.78, 5) is 12.5. The largest absolute Gasteiger partial charge is 0.325 e. The summed E-state index contributed by atoms with van der Waals surface area (Å²) in [5.74, 6) is 0.917. The van der Waals surface area contributed by atoms with Crippen LogP contribution in [0.5, 0.6) is 0 Å². The number of carbonyl (C=O) groups is 1. The number of thioether (sulfide) groups is 1. The number of hydrogen-bond donors (Lipinski definition) is 1. The molecular weight excluding hydrogens is 392 g/mol. The van der Waals surface area contributed by atoms with Crippen molar-refractivity contribution in [2.24, 2.45) is 7.05 Å². The van der Waals surface area contributed by atoms with Gasteiger partial charge in [0.2, 0.25) is 5.91 Å². The first kappa shape index (κ1) is 20.4. The van der Waals surface area contributed by atoms with Crippen molar-refractivity contribution < 1.29 is 4.79 Å². The first-order valence-corrected chi connectivity index (χ1v) is 10.3. The number of anilines is 1. The second kappa shape index (κ2) is 8.37. The predicted octanol–water partition coefficient (Wildman–Crippen LogP) is 5.16. The van der Waals surface area contributed by atoms with Gasteiger partial charge in [0.05, 0.1) is 5.75 Å². The number of aromatic nitrogens is 3. The topological polar surface area (TPSA) is 59.8 Å². The highest BCUT2D eigenvalue weighted by Crippen LogP contribution is 2.29. The minimum absolute atomic E-state index is 0.0475. The van der Waals surface area contributed by atoms with Crippen LogP contribution in [0.3, 0.4) is 0 Å². The molecule has 0 saturated carbocycles. The Balaban J connectivity index is 1.67. The summed E-state index contributed by atoms with van der Waals surface area (Å²) in [5.41, 5.74) is 2.83. The van der Waals surface area contributed by atoms with Crippen LogP contribution in [-0.2, 0) is 17.3 Å². The molecule has 146 valence electrons. The molecule has 1 heterocycles. The predicted molar refractivity (Wildman–Crippen MR) is 116 cm³/mol. The first-order valence-electron chi connectivity index (χ1n) is 8.93. The van der Waals surface area contributed by atoms with Crippen LogP contribution in [0.15, 0.2) is 53.7 Å². The third-order valence-corrected chi connectivity index (χ3v) is 5.55. The molecule has 1 N–H and O–H groups in total. The zero-order chi connectivity index (χ0) is 20.3. The smallest absolute Gasteiger partial charge is 0.234 e. The number of amides is 1. The Labute approximate surface area is 174 Å². The number of para-hydroxylation sites is 1. The SMILES string of the molecule is Cn1c(SCC(=O)Nc2ccccc2C(C)(C)C)nnc1-c1ccc(Cl)cc1. The molecule has 7 heteroatoms. The summed E-state index contributed by atoms with van der Waals surface area (Å²) in [7, 11) is 1.89. The van der Waals surface area contributed by atoms with Gasteiger partial charge < -0.3 is 9.88 Å². The van der Waals surface area contributed by atoms with Crippen molar-refractivity contribution in [3.8, 4) is 11.4 Å². The van der Waals surface area contributed by atoms with Crippen molar-refractivity contribution >= 4 is 35.0 Å². The van der Waals surface area contributed by atoms with Crippen molar-refractivity contribution in [1.82, 2.24) is 14.8 Å². The molecule has 3 rings (SSSR count). The number of carbonyl (C=O) groups excluding carboxylic acids is 1. The van der Waals surface area contributed by atoms with Gasteiger partial charge in [0.1, 0.15) is 0 Å². The van der Waals surface area contributed by atoms with E-state index in [0.29, 0.717) is 10.2 Å². The second-order valence-electron chi connectivity index (χ2n) is 7.50. The lowest BCUT2D eigenvalue weighted by Gasteiger charge is -2.22. The van der Waals surface area contributed by atoms with Crippen LogP contribution in [0.25, 0.3) is 11.4 Å². The summed E-state index contributed by atoms with van der Waals surface area (Å²) >= 11 is 7.30. The number of halogens is 1. The van der Waals surface area contributed by atoms with Gasteiger partial charge in [0, 0.05) is 23.3 Å². The lowest BCUT2D eigenvalue weighted by molar-refractivity contribution is -0.113. The molecule has 1 amide bonds. The maximum atomic E-state index is 12.5. The van der Waals surface area contributed by atoms with E-state index >= 15 is 0 Å². The highest BCUT2D eigenvalue weighted by Gasteiger charge is 2.19. The van der Waals surface area contributed by atoms with E-state index in [-0.39, 0.29) is 17.1 Å². The van der Waals surface area contributed by atoms with E-state index in [0.717, 1.165) is 22.6 Å². The molecule has 2 aromatic carbocycles. The molecule has 0 spiro atoms. The first-order chi connectivity index (χ1) is 13.3. The van der Waals surface area contributed by atoms with Gasteiger partial charge in [0.25, 0.3) is 0 Å².